The summed E-state index contributed by atoms with van der Waals surface area (Å²) in [6, 6.07) is 24.3. The third-order valence-corrected chi connectivity index (χ3v) is 5.12. The number of hydrogen-bond donors (Lipinski definition) is 1. The van der Waals surface area contributed by atoms with Gasteiger partial charge < -0.3 is 4.74 Å². The standard InChI is InChI=1S/C23H17Cl2N3O2/c24-20-12-11-18(13-21(20)25)26-23(29)30-15-17-14-28(19-9-5-2-6-10-19)27-22(17)16-7-3-1-4-8-16/h1-14H,15H2,(H,26,29). The Morgan fingerprint density at radius 2 is 1.63 bits per heavy atom. The lowest BCUT2D eigenvalue weighted by atomic mass is 10.1. The Bertz CT molecular complexity index is 1160. The van der Waals surface area contributed by atoms with E-state index in [2.05, 4.69) is 5.32 Å². The van der Waals surface area contributed by atoms with Crippen molar-refractivity contribution in [3.8, 4) is 16.9 Å². The fourth-order valence-corrected chi connectivity index (χ4v) is 3.24. The predicted octanol–water partition coefficient (Wildman–Crippen LogP) is 6.59. The van der Waals surface area contributed by atoms with E-state index in [4.69, 9.17) is 33.0 Å². The van der Waals surface area contributed by atoms with Crippen LogP contribution in [0.3, 0.4) is 0 Å². The molecule has 0 saturated carbocycles. The summed E-state index contributed by atoms with van der Waals surface area (Å²) in [5, 5.41) is 8.12. The number of amides is 1. The molecule has 7 heteroatoms. The molecule has 3 aromatic carbocycles. The smallest absolute Gasteiger partial charge is 0.411 e. The molecule has 1 heterocycles. The van der Waals surface area contributed by atoms with Crippen molar-refractivity contribution in [3.63, 3.8) is 0 Å². The summed E-state index contributed by atoms with van der Waals surface area (Å²) in [7, 11) is 0. The first kappa shape index (κ1) is 20.0. The van der Waals surface area contributed by atoms with E-state index in [9.17, 15) is 4.79 Å². The van der Waals surface area contributed by atoms with E-state index in [1.807, 2.05) is 66.9 Å². The van der Waals surface area contributed by atoms with Crippen LogP contribution in [0.2, 0.25) is 10.0 Å². The summed E-state index contributed by atoms with van der Waals surface area (Å²) in [5.74, 6) is 0. The third-order valence-electron chi connectivity index (χ3n) is 4.38. The van der Waals surface area contributed by atoms with Gasteiger partial charge in [0.1, 0.15) is 6.61 Å². The van der Waals surface area contributed by atoms with Crippen molar-refractivity contribution in [2.24, 2.45) is 0 Å². The van der Waals surface area contributed by atoms with E-state index in [1.54, 1.807) is 22.9 Å². The minimum absolute atomic E-state index is 0.0597. The molecule has 0 aliphatic heterocycles. The van der Waals surface area contributed by atoms with E-state index in [0.29, 0.717) is 15.7 Å². The first-order chi connectivity index (χ1) is 14.6. The van der Waals surface area contributed by atoms with Crippen LogP contribution >= 0.6 is 23.2 Å². The number of aromatic nitrogens is 2. The molecule has 0 unspecified atom stereocenters. The van der Waals surface area contributed by atoms with Gasteiger partial charge in [0.2, 0.25) is 0 Å². The number of benzene rings is 3. The highest BCUT2D eigenvalue weighted by molar-refractivity contribution is 6.42. The zero-order valence-corrected chi connectivity index (χ0v) is 17.3. The summed E-state index contributed by atoms with van der Waals surface area (Å²) in [5.41, 5.74) is 3.89. The Morgan fingerprint density at radius 3 is 2.33 bits per heavy atom. The minimum Gasteiger partial charge on any atom is -0.444 e. The second-order valence-corrected chi connectivity index (χ2v) is 7.29. The van der Waals surface area contributed by atoms with Gasteiger partial charge in [0.25, 0.3) is 0 Å². The Morgan fingerprint density at radius 1 is 0.933 bits per heavy atom. The maximum Gasteiger partial charge on any atom is 0.411 e. The van der Waals surface area contributed by atoms with Gasteiger partial charge in [0.05, 0.1) is 21.4 Å². The van der Waals surface area contributed by atoms with Crippen LogP contribution in [0.5, 0.6) is 0 Å². The molecule has 1 aromatic heterocycles. The number of anilines is 1. The van der Waals surface area contributed by atoms with Crippen LogP contribution in [0.4, 0.5) is 10.5 Å². The molecule has 0 fully saturated rings. The molecule has 150 valence electrons. The SMILES string of the molecule is O=C(Nc1ccc(Cl)c(Cl)c1)OCc1cn(-c2ccccc2)nc1-c1ccccc1. The molecule has 4 rings (SSSR count). The summed E-state index contributed by atoms with van der Waals surface area (Å²) < 4.78 is 7.21. The molecule has 0 aliphatic rings. The Kier molecular flexibility index (Phi) is 6.02. The number of carbonyl (C=O) groups is 1. The Labute approximate surface area is 183 Å². The Balaban J connectivity index is 1.54. The van der Waals surface area contributed by atoms with Crippen molar-refractivity contribution in [1.82, 2.24) is 9.78 Å². The normalized spacial score (nSPS) is 10.6. The number of ether oxygens (including phenoxy) is 1. The van der Waals surface area contributed by atoms with Crippen LogP contribution in [0.25, 0.3) is 16.9 Å². The molecule has 0 spiro atoms. The third kappa shape index (κ3) is 4.64. The van der Waals surface area contributed by atoms with Crippen molar-refractivity contribution in [3.05, 3.63) is 101 Å². The highest BCUT2D eigenvalue weighted by Gasteiger charge is 2.14. The second kappa shape index (κ2) is 9.03. The molecule has 0 saturated heterocycles. The first-order valence-electron chi connectivity index (χ1n) is 9.18. The van der Waals surface area contributed by atoms with Gasteiger partial charge in [0, 0.05) is 23.0 Å². The topological polar surface area (TPSA) is 56.1 Å². The van der Waals surface area contributed by atoms with Gasteiger partial charge in [-0.3, -0.25) is 5.32 Å². The second-order valence-electron chi connectivity index (χ2n) is 6.48. The summed E-state index contributed by atoms with van der Waals surface area (Å²) in [6.07, 6.45) is 1.27. The van der Waals surface area contributed by atoms with Gasteiger partial charge in [-0.1, -0.05) is 71.7 Å². The van der Waals surface area contributed by atoms with Crippen molar-refractivity contribution in [1.29, 1.82) is 0 Å². The molecular weight excluding hydrogens is 421 g/mol. The minimum atomic E-state index is -0.597. The molecule has 30 heavy (non-hydrogen) atoms. The number of rotatable bonds is 5. The molecule has 5 nitrogen and oxygen atoms in total. The summed E-state index contributed by atoms with van der Waals surface area (Å²) in [6.45, 7) is 0.0597. The van der Waals surface area contributed by atoms with Crippen LogP contribution in [-0.4, -0.2) is 15.9 Å². The molecule has 0 atom stereocenters. The molecule has 4 aromatic rings. The molecule has 0 bridgehead atoms. The number of para-hydroxylation sites is 1. The summed E-state index contributed by atoms with van der Waals surface area (Å²) in [4.78, 5) is 12.3. The largest absolute Gasteiger partial charge is 0.444 e. The van der Waals surface area contributed by atoms with E-state index in [1.165, 1.54) is 0 Å². The summed E-state index contributed by atoms with van der Waals surface area (Å²) >= 11 is 11.9. The lowest BCUT2D eigenvalue weighted by Crippen LogP contribution is -2.13. The van der Waals surface area contributed by atoms with Gasteiger partial charge in [0.15, 0.2) is 0 Å². The highest BCUT2D eigenvalue weighted by Crippen LogP contribution is 2.26. The van der Waals surface area contributed by atoms with E-state index in [-0.39, 0.29) is 6.61 Å². The van der Waals surface area contributed by atoms with Crippen LogP contribution in [0, 0.1) is 0 Å². The van der Waals surface area contributed by atoms with Crippen molar-refractivity contribution in [2.75, 3.05) is 5.32 Å². The maximum atomic E-state index is 12.3. The van der Waals surface area contributed by atoms with Crippen LogP contribution in [0.15, 0.2) is 85.1 Å². The zero-order chi connectivity index (χ0) is 20.9. The van der Waals surface area contributed by atoms with Crippen LogP contribution < -0.4 is 5.32 Å². The van der Waals surface area contributed by atoms with Crippen molar-refractivity contribution < 1.29 is 9.53 Å². The zero-order valence-electron chi connectivity index (χ0n) is 15.8. The number of nitrogens with zero attached hydrogens (tertiary/aromatic N) is 2. The monoisotopic (exact) mass is 437 g/mol. The number of nitrogens with one attached hydrogen (secondary N) is 1. The molecule has 0 aliphatic carbocycles. The van der Waals surface area contributed by atoms with Gasteiger partial charge >= 0.3 is 6.09 Å². The van der Waals surface area contributed by atoms with Crippen molar-refractivity contribution >= 4 is 35.0 Å². The van der Waals surface area contributed by atoms with Gasteiger partial charge in [-0.2, -0.15) is 5.10 Å². The van der Waals surface area contributed by atoms with Gasteiger partial charge in [-0.25, -0.2) is 9.48 Å². The van der Waals surface area contributed by atoms with Crippen LogP contribution in [-0.2, 0) is 11.3 Å². The van der Waals surface area contributed by atoms with E-state index < -0.39 is 6.09 Å². The average Bonchev–Trinajstić information content (AvgIpc) is 3.20. The quantitative estimate of drug-likeness (QED) is 0.382. The number of hydrogen-bond acceptors (Lipinski definition) is 3. The Hall–Kier alpha value is -3.28. The van der Waals surface area contributed by atoms with Gasteiger partial charge in [-0.15, -0.1) is 0 Å². The average molecular weight is 438 g/mol. The number of carbonyl (C=O) groups excluding carboxylic acids is 1. The predicted molar refractivity (Wildman–Crippen MR) is 119 cm³/mol. The molecule has 1 N–H and O–H groups in total. The van der Waals surface area contributed by atoms with Crippen molar-refractivity contribution in [2.45, 2.75) is 6.61 Å². The maximum absolute atomic E-state index is 12.3. The lowest BCUT2D eigenvalue weighted by molar-refractivity contribution is 0.155. The van der Waals surface area contributed by atoms with E-state index >= 15 is 0 Å². The van der Waals surface area contributed by atoms with E-state index in [0.717, 1.165) is 22.5 Å². The fraction of sp³-hybridized carbons (Fsp3) is 0.0435. The molecule has 1 amide bonds. The number of halogens is 2. The first-order valence-corrected chi connectivity index (χ1v) is 9.94. The van der Waals surface area contributed by atoms with Gasteiger partial charge in [-0.05, 0) is 30.3 Å². The lowest BCUT2D eigenvalue weighted by Gasteiger charge is -2.08. The molecular formula is C23H17Cl2N3O2. The molecule has 0 radical (unpaired) electrons. The highest BCUT2D eigenvalue weighted by atomic mass is 35.5. The fourth-order valence-electron chi connectivity index (χ4n) is 2.94. The van der Waals surface area contributed by atoms with Crippen LogP contribution in [0.1, 0.15) is 5.56 Å².